The Morgan fingerprint density at radius 3 is 2.62 bits per heavy atom. The lowest BCUT2D eigenvalue weighted by atomic mass is 10.1. The first-order valence-corrected chi connectivity index (χ1v) is 7.06. The summed E-state index contributed by atoms with van der Waals surface area (Å²) in [5, 5.41) is -0.189. The summed E-state index contributed by atoms with van der Waals surface area (Å²) in [6.45, 7) is 2.05. The van der Waals surface area contributed by atoms with Crippen LogP contribution in [0.1, 0.15) is 20.7 Å². The van der Waals surface area contributed by atoms with Crippen molar-refractivity contribution in [2.24, 2.45) is 0 Å². The van der Waals surface area contributed by atoms with Crippen molar-refractivity contribution in [1.29, 1.82) is 0 Å². The van der Waals surface area contributed by atoms with Gasteiger partial charge in [0.05, 0.1) is 5.38 Å². The molecule has 84 valence electrons. The minimum Gasteiger partial charge on any atom is -0.207 e. The van der Waals surface area contributed by atoms with E-state index in [9.17, 15) is 4.39 Å². The Bertz CT molecular complexity index is 509. The molecule has 0 amide bonds. The van der Waals surface area contributed by atoms with Gasteiger partial charge in [-0.05, 0) is 59.3 Å². The normalized spacial score (nSPS) is 12.8. The van der Waals surface area contributed by atoms with Crippen LogP contribution in [0.5, 0.6) is 0 Å². The maximum absolute atomic E-state index is 13.0. The summed E-state index contributed by atoms with van der Waals surface area (Å²) in [6, 6.07) is 8.78. The van der Waals surface area contributed by atoms with Crippen molar-refractivity contribution < 1.29 is 4.39 Å². The minimum absolute atomic E-state index is 0.189. The first kappa shape index (κ1) is 12.3. The van der Waals surface area contributed by atoms with E-state index in [1.807, 2.05) is 19.1 Å². The summed E-state index contributed by atoms with van der Waals surface area (Å²) in [5.74, 6) is -0.223. The average Bonchev–Trinajstić information content (AvgIpc) is 2.64. The zero-order valence-electron chi connectivity index (χ0n) is 8.51. The molecule has 1 atom stereocenters. The van der Waals surface area contributed by atoms with Crippen molar-refractivity contribution in [2.75, 3.05) is 0 Å². The van der Waals surface area contributed by atoms with E-state index in [-0.39, 0.29) is 11.2 Å². The number of hydrogen-bond acceptors (Lipinski definition) is 1. The second-order valence-corrected chi connectivity index (χ2v) is 6.39. The molecule has 0 aliphatic heterocycles. The molecule has 0 fully saturated rings. The van der Waals surface area contributed by atoms with Crippen LogP contribution in [-0.2, 0) is 0 Å². The third-order valence-corrected chi connectivity index (χ3v) is 4.85. The van der Waals surface area contributed by atoms with Gasteiger partial charge in [0.15, 0.2) is 0 Å². The summed E-state index contributed by atoms with van der Waals surface area (Å²) in [5.41, 5.74) is 0.963. The molecule has 1 aromatic heterocycles. The molecule has 0 saturated carbocycles. The van der Waals surface area contributed by atoms with Gasteiger partial charge in [-0.15, -0.1) is 22.9 Å². The van der Waals surface area contributed by atoms with E-state index in [1.165, 1.54) is 17.0 Å². The maximum Gasteiger partial charge on any atom is 0.124 e. The van der Waals surface area contributed by atoms with Gasteiger partial charge in [-0.25, -0.2) is 4.39 Å². The third kappa shape index (κ3) is 2.57. The Kier molecular flexibility index (Phi) is 3.87. The number of thiophene rings is 1. The van der Waals surface area contributed by atoms with Gasteiger partial charge in [-0.2, -0.15) is 0 Å². The van der Waals surface area contributed by atoms with Crippen molar-refractivity contribution in [1.82, 2.24) is 0 Å². The van der Waals surface area contributed by atoms with Gasteiger partial charge in [0.1, 0.15) is 5.82 Å². The zero-order valence-corrected chi connectivity index (χ0v) is 12.2. The summed E-state index contributed by atoms with van der Waals surface area (Å²) in [4.78, 5) is 2.33. The van der Waals surface area contributed by atoms with E-state index < -0.39 is 0 Å². The van der Waals surface area contributed by atoms with Crippen LogP contribution < -0.4 is 0 Å². The molecule has 0 saturated heterocycles. The van der Waals surface area contributed by atoms with Crippen LogP contribution >= 0.6 is 45.5 Å². The number of halogens is 3. The van der Waals surface area contributed by atoms with Crippen molar-refractivity contribution in [3.63, 3.8) is 0 Å². The van der Waals surface area contributed by atoms with Crippen molar-refractivity contribution in [2.45, 2.75) is 12.3 Å². The van der Waals surface area contributed by atoms with Crippen LogP contribution in [0.25, 0.3) is 0 Å². The molecule has 4 heteroatoms. The van der Waals surface area contributed by atoms with Gasteiger partial charge in [-0.3, -0.25) is 0 Å². The fourth-order valence-electron chi connectivity index (χ4n) is 1.45. The second-order valence-electron chi connectivity index (χ2n) is 3.48. The van der Waals surface area contributed by atoms with Crippen LogP contribution in [0.3, 0.4) is 0 Å². The van der Waals surface area contributed by atoms with Crippen LogP contribution in [0.2, 0.25) is 0 Å². The van der Waals surface area contributed by atoms with E-state index in [0.29, 0.717) is 0 Å². The van der Waals surface area contributed by atoms with Gasteiger partial charge in [-0.1, -0.05) is 6.07 Å². The monoisotopic (exact) mass is 366 g/mol. The van der Waals surface area contributed by atoms with Gasteiger partial charge in [0, 0.05) is 13.3 Å². The van der Waals surface area contributed by atoms with Crippen molar-refractivity contribution in [3.05, 3.63) is 55.0 Å². The molecule has 0 N–H and O–H groups in total. The Morgan fingerprint density at radius 1 is 1.31 bits per heavy atom. The highest BCUT2D eigenvalue weighted by Crippen LogP contribution is 2.35. The average molecular weight is 367 g/mol. The standard InChI is InChI=1S/C12H9ClFIS/c1-7-2-5-11(16-7)12(13)9-4-3-8(14)6-10(9)15/h2-6,12H,1H3. The van der Waals surface area contributed by atoms with Gasteiger partial charge < -0.3 is 0 Å². The molecule has 0 bridgehead atoms. The van der Waals surface area contributed by atoms with E-state index in [2.05, 4.69) is 22.6 Å². The molecule has 0 radical (unpaired) electrons. The lowest BCUT2D eigenvalue weighted by molar-refractivity contribution is 0.626. The summed E-state index contributed by atoms with van der Waals surface area (Å²) < 4.78 is 13.8. The Hall–Kier alpha value is -0.130. The lowest BCUT2D eigenvalue weighted by Crippen LogP contribution is -1.94. The Morgan fingerprint density at radius 2 is 2.06 bits per heavy atom. The largest absolute Gasteiger partial charge is 0.207 e. The molecule has 0 spiro atoms. The topological polar surface area (TPSA) is 0 Å². The minimum atomic E-state index is -0.223. The van der Waals surface area contributed by atoms with Crippen LogP contribution in [0, 0.1) is 16.3 Å². The molecular weight excluding hydrogens is 358 g/mol. The first-order chi connectivity index (χ1) is 7.58. The highest BCUT2D eigenvalue weighted by Gasteiger charge is 2.15. The van der Waals surface area contributed by atoms with Crippen molar-refractivity contribution >= 4 is 45.5 Å². The Balaban J connectivity index is 2.37. The molecule has 16 heavy (non-hydrogen) atoms. The summed E-state index contributed by atoms with van der Waals surface area (Å²) in [6.07, 6.45) is 0. The van der Waals surface area contributed by atoms with E-state index in [0.717, 1.165) is 14.0 Å². The van der Waals surface area contributed by atoms with E-state index in [4.69, 9.17) is 11.6 Å². The summed E-state index contributed by atoms with van der Waals surface area (Å²) in [7, 11) is 0. The zero-order chi connectivity index (χ0) is 11.7. The van der Waals surface area contributed by atoms with Gasteiger partial charge in [0.25, 0.3) is 0 Å². The third-order valence-electron chi connectivity index (χ3n) is 2.25. The van der Waals surface area contributed by atoms with E-state index in [1.54, 1.807) is 17.4 Å². The smallest absolute Gasteiger partial charge is 0.124 e. The lowest BCUT2D eigenvalue weighted by Gasteiger charge is -2.10. The number of hydrogen-bond donors (Lipinski definition) is 0. The number of alkyl halides is 1. The fourth-order valence-corrected chi connectivity index (χ4v) is 3.69. The van der Waals surface area contributed by atoms with Gasteiger partial charge >= 0.3 is 0 Å². The van der Waals surface area contributed by atoms with Crippen LogP contribution in [0.15, 0.2) is 30.3 Å². The molecule has 2 rings (SSSR count). The predicted octanol–water partition coefficient (Wildman–Crippen LogP) is 5.13. The molecule has 1 heterocycles. The predicted molar refractivity (Wildman–Crippen MR) is 75.9 cm³/mol. The highest BCUT2D eigenvalue weighted by molar-refractivity contribution is 14.1. The summed E-state index contributed by atoms with van der Waals surface area (Å²) >= 11 is 10.2. The molecule has 0 nitrogen and oxygen atoms in total. The molecule has 0 aliphatic rings. The fraction of sp³-hybridized carbons (Fsp3) is 0.167. The van der Waals surface area contributed by atoms with E-state index >= 15 is 0 Å². The second kappa shape index (κ2) is 5.02. The van der Waals surface area contributed by atoms with Gasteiger partial charge in [0.2, 0.25) is 0 Å². The van der Waals surface area contributed by atoms with Crippen LogP contribution in [-0.4, -0.2) is 0 Å². The molecule has 1 unspecified atom stereocenters. The molecule has 1 aromatic carbocycles. The molecule has 2 aromatic rings. The number of benzene rings is 1. The Labute approximate surface area is 117 Å². The number of aryl methyl sites for hydroxylation is 1. The SMILES string of the molecule is Cc1ccc(C(Cl)c2ccc(F)cc2I)s1. The van der Waals surface area contributed by atoms with Crippen LogP contribution in [0.4, 0.5) is 4.39 Å². The highest BCUT2D eigenvalue weighted by atomic mass is 127. The molecular formula is C12H9ClFIS. The van der Waals surface area contributed by atoms with Crippen molar-refractivity contribution in [3.8, 4) is 0 Å². The first-order valence-electron chi connectivity index (χ1n) is 4.73. The maximum atomic E-state index is 13.0. The molecule has 0 aliphatic carbocycles. The number of rotatable bonds is 2. The quantitative estimate of drug-likeness (QED) is 0.511.